The Balaban J connectivity index is 2.85. The summed E-state index contributed by atoms with van der Waals surface area (Å²) in [6.07, 6.45) is 0.506. The van der Waals surface area contributed by atoms with Crippen molar-refractivity contribution < 1.29 is 19.1 Å². The van der Waals surface area contributed by atoms with Gasteiger partial charge in [-0.15, -0.1) is 0 Å². The van der Waals surface area contributed by atoms with Crippen LogP contribution in [-0.4, -0.2) is 25.5 Å². The molecule has 0 N–H and O–H groups in total. The Labute approximate surface area is 101 Å². The zero-order chi connectivity index (χ0) is 12.8. The second kappa shape index (κ2) is 6.03. The number of ether oxygens (including phenoxy) is 2. The van der Waals surface area contributed by atoms with E-state index in [-0.39, 0.29) is 18.4 Å². The molecule has 1 aromatic rings. The Morgan fingerprint density at radius 1 is 1.24 bits per heavy atom. The van der Waals surface area contributed by atoms with Crippen LogP contribution >= 0.6 is 0 Å². The fraction of sp³-hybridized carbons (Fsp3) is 0.385. The van der Waals surface area contributed by atoms with Gasteiger partial charge in [-0.05, 0) is 30.7 Å². The lowest BCUT2D eigenvalue weighted by atomic mass is 10.0. The minimum Gasteiger partial charge on any atom is -0.497 e. The Morgan fingerprint density at radius 3 is 2.47 bits per heavy atom. The summed E-state index contributed by atoms with van der Waals surface area (Å²) in [5, 5.41) is 0. The number of carbonyl (C=O) groups is 2. The first-order valence-corrected chi connectivity index (χ1v) is 5.36. The maximum Gasteiger partial charge on any atom is 0.302 e. The highest BCUT2D eigenvalue weighted by Gasteiger charge is 2.09. The third-order valence-electron chi connectivity index (χ3n) is 2.37. The molecule has 0 aliphatic heterocycles. The Kier molecular flexibility index (Phi) is 4.69. The summed E-state index contributed by atoms with van der Waals surface area (Å²) in [6.45, 7) is 3.14. The second-order valence-electron chi connectivity index (χ2n) is 3.67. The molecule has 0 fully saturated rings. The Hall–Kier alpha value is -1.84. The molecule has 0 saturated heterocycles. The van der Waals surface area contributed by atoms with Gasteiger partial charge >= 0.3 is 5.97 Å². The molecule has 0 aliphatic carbocycles. The molecule has 17 heavy (non-hydrogen) atoms. The first kappa shape index (κ1) is 13.2. The van der Waals surface area contributed by atoms with Crippen molar-refractivity contribution in [2.24, 2.45) is 0 Å². The SMILES string of the molecule is COc1ccc(C(C)=O)c(CCOC(C)=O)c1. The highest BCUT2D eigenvalue weighted by molar-refractivity contribution is 5.95. The van der Waals surface area contributed by atoms with E-state index in [1.165, 1.54) is 13.8 Å². The van der Waals surface area contributed by atoms with E-state index >= 15 is 0 Å². The summed E-state index contributed by atoms with van der Waals surface area (Å²) in [7, 11) is 1.57. The number of carbonyl (C=O) groups excluding carboxylic acids is 2. The molecule has 0 saturated carbocycles. The maximum absolute atomic E-state index is 11.4. The minimum atomic E-state index is -0.322. The topological polar surface area (TPSA) is 52.6 Å². The number of esters is 1. The van der Waals surface area contributed by atoms with Crippen LogP contribution in [0.3, 0.4) is 0 Å². The molecule has 1 aromatic carbocycles. The highest BCUT2D eigenvalue weighted by Crippen LogP contribution is 2.18. The molecule has 0 aliphatic rings. The van der Waals surface area contributed by atoms with E-state index < -0.39 is 0 Å². The molecule has 0 heterocycles. The summed E-state index contributed by atoms with van der Waals surface area (Å²) in [5.74, 6) is 0.357. The lowest BCUT2D eigenvalue weighted by Gasteiger charge is -2.09. The van der Waals surface area contributed by atoms with Crippen LogP contribution in [0.15, 0.2) is 18.2 Å². The number of Topliss-reactive ketones (excluding diaryl/α,β-unsaturated/α-hetero) is 1. The van der Waals surface area contributed by atoms with E-state index in [0.717, 1.165) is 5.56 Å². The number of methoxy groups -OCH3 is 1. The van der Waals surface area contributed by atoms with Crippen molar-refractivity contribution in [1.29, 1.82) is 0 Å². The predicted octanol–water partition coefficient (Wildman–Crippen LogP) is 2.00. The van der Waals surface area contributed by atoms with Crippen LogP contribution in [0.5, 0.6) is 5.75 Å². The fourth-order valence-corrected chi connectivity index (χ4v) is 1.55. The Morgan fingerprint density at radius 2 is 1.94 bits per heavy atom. The number of hydrogen-bond donors (Lipinski definition) is 0. The van der Waals surface area contributed by atoms with Crippen LogP contribution in [0, 0.1) is 0 Å². The summed E-state index contributed by atoms with van der Waals surface area (Å²) < 4.78 is 9.96. The van der Waals surface area contributed by atoms with Crippen molar-refractivity contribution in [3.05, 3.63) is 29.3 Å². The van der Waals surface area contributed by atoms with E-state index in [0.29, 0.717) is 17.7 Å². The van der Waals surface area contributed by atoms with Crippen LogP contribution in [-0.2, 0) is 16.0 Å². The quantitative estimate of drug-likeness (QED) is 0.579. The molecule has 92 valence electrons. The first-order valence-electron chi connectivity index (χ1n) is 5.36. The van der Waals surface area contributed by atoms with Crippen LogP contribution in [0.2, 0.25) is 0 Å². The van der Waals surface area contributed by atoms with Crippen LogP contribution in [0.4, 0.5) is 0 Å². The van der Waals surface area contributed by atoms with E-state index in [1.54, 1.807) is 25.3 Å². The van der Waals surface area contributed by atoms with E-state index in [2.05, 4.69) is 0 Å². The van der Waals surface area contributed by atoms with Gasteiger partial charge in [-0.2, -0.15) is 0 Å². The molecular formula is C13H16O4. The molecule has 0 bridgehead atoms. The van der Waals surface area contributed by atoms with Crippen LogP contribution < -0.4 is 4.74 Å². The van der Waals surface area contributed by atoms with Crippen LogP contribution in [0.25, 0.3) is 0 Å². The van der Waals surface area contributed by atoms with Crippen LogP contribution in [0.1, 0.15) is 29.8 Å². The van der Waals surface area contributed by atoms with Gasteiger partial charge in [0.25, 0.3) is 0 Å². The first-order chi connectivity index (χ1) is 8.04. The molecule has 4 nitrogen and oxygen atoms in total. The fourth-order valence-electron chi connectivity index (χ4n) is 1.55. The van der Waals surface area contributed by atoms with Gasteiger partial charge in [-0.25, -0.2) is 0 Å². The van der Waals surface area contributed by atoms with E-state index in [4.69, 9.17) is 9.47 Å². The molecule has 4 heteroatoms. The number of ketones is 1. The molecule has 1 rings (SSSR count). The molecule has 0 unspecified atom stereocenters. The van der Waals surface area contributed by atoms with Crippen molar-refractivity contribution in [2.45, 2.75) is 20.3 Å². The zero-order valence-corrected chi connectivity index (χ0v) is 10.3. The van der Waals surface area contributed by atoms with E-state index in [9.17, 15) is 9.59 Å². The van der Waals surface area contributed by atoms with Gasteiger partial charge in [-0.3, -0.25) is 9.59 Å². The smallest absolute Gasteiger partial charge is 0.302 e. The predicted molar refractivity (Wildman–Crippen MR) is 63.3 cm³/mol. The van der Waals surface area contributed by atoms with Gasteiger partial charge in [0.05, 0.1) is 13.7 Å². The molecule has 0 radical (unpaired) electrons. The van der Waals surface area contributed by atoms with Crippen molar-refractivity contribution in [3.8, 4) is 5.75 Å². The van der Waals surface area contributed by atoms with Crippen molar-refractivity contribution in [3.63, 3.8) is 0 Å². The van der Waals surface area contributed by atoms with Gasteiger partial charge in [-0.1, -0.05) is 0 Å². The zero-order valence-electron chi connectivity index (χ0n) is 10.3. The maximum atomic E-state index is 11.4. The third kappa shape index (κ3) is 3.90. The average molecular weight is 236 g/mol. The molecule has 0 spiro atoms. The van der Waals surface area contributed by atoms with Gasteiger partial charge in [0, 0.05) is 18.9 Å². The van der Waals surface area contributed by atoms with Gasteiger partial charge in [0.15, 0.2) is 5.78 Å². The number of hydrogen-bond acceptors (Lipinski definition) is 4. The summed E-state index contributed by atoms with van der Waals surface area (Å²) in [5.41, 5.74) is 1.47. The van der Waals surface area contributed by atoms with Crippen molar-refractivity contribution in [2.75, 3.05) is 13.7 Å². The largest absolute Gasteiger partial charge is 0.497 e. The van der Waals surface area contributed by atoms with Gasteiger partial charge in [0.2, 0.25) is 0 Å². The van der Waals surface area contributed by atoms with Gasteiger partial charge in [0.1, 0.15) is 5.75 Å². The van der Waals surface area contributed by atoms with Crippen molar-refractivity contribution >= 4 is 11.8 Å². The normalized spacial score (nSPS) is 9.82. The van der Waals surface area contributed by atoms with E-state index in [1.807, 2.05) is 0 Å². The lowest BCUT2D eigenvalue weighted by molar-refractivity contribution is -0.140. The Bertz CT molecular complexity index is 423. The van der Waals surface area contributed by atoms with Gasteiger partial charge < -0.3 is 9.47 Å². The monoisotopic (exact) mass is 236 g/mol. The standard InChI is InChI=1S/C13H16O4/c1-9(14)13-5-4-12(16-3)8-11(13)6-7-17-10(2)15/h4-5,8H,6-7H2,1-3H3. The average Bonchev–Trinajstić information content (AvgIpc) is 2.28. The van der Waals surface area contributed by atoms with Crippen molar-refractivity contribution in [1.82, 2.24) is 0 Å². The summed E-state index contributed by atoms with van der Waals surface area (Å²) in [4.78, 5) is 22.1. The minimum absolute atomic E-state index is 0.00882. The molecule has 0 amide bonds. The molecular weight excluding hydrogens is 220 g/mol. The number of benzene rings is 1. The molecule has 0 aromatic heterocycles. The summed E-state index contributed by atoms with van der Waals surface area (Å²) >= 11 is 0. The number of rotatable bonds is 5. The highest BCUT2D eigenvalue weighted by atomic mass is 16.5. The summed E-state index contributed by atoms with van der Waals surface area (Å²) in [6, 6.07) is 5.26. The second-order valence-corrected chi connectivity index (χ2v) is 3.67. The lowest BCUT2D eigenvalue weighted by Crippen LogP contribution is -2.07. The third-order valence-corrected chi connectivity index (χ3v) is 2.37. The molecule has 0 atom stereocenters.